The van der Waals surface area contributed by atoms with Gasteiger partial charge in [-0.25, -0.2) is 4.39 Å². The van der Waals surface area contributed by atoms with Crippen molar-refractivity contribution >= 4 is 17.4 Å². The smallest absolute Gasteiger partial charge is 0.147 e. The molecular weight excluding hydrogens is 245 g/mol. The minimum absolute atomic E-state index is 0.201. The van der Waals surface area contributed by atoms with Crippen LogP contribution in [0.3, 0.4) is 0 Å². The van der Waals surface area contributed by atoms with Crippen molar-refractivity contribution in [2.75, 3.05) is 12.8 Å². The maximum Gasteiger partial charge on any atom is 0.147 e. The maximum absolute atomic E-state index is 13.3. The molecular formula is C11H11ClFN3O. The van der Waals surface area contributed by atoms with Crippen LogP contribution in [0.5, 0.6) is 5.75 Å². The van der Waals surface area contributed by atoms with Crippen LogP contribution in [0, 0.1) is 5.82 Å². The van der Waals surface area contributed by atoms with Crippen molar-refractivity contribution in [3.63, 3.8) is 0 Å². The first kappa shape index (κ1) is 11.7. The molecule has 0 amide bonds. The molecule has 0 saturated carbocycles. The number of nitrogens with zero attached hydrogens (tertiary/aromatic N) is 2. The zero-order chi connectivity index (χ0) is 12.6. The molecule has 2 rings (SSSR count). The summed E-state index contributed by atoms with van der Waals surface area (Å²) in [5.74, 6) is 0.406. The molecule has 1 heterocycles. The molecule has 0 unspecified atom stereocenters. The number of hydrogen-bond acceptors (Lipinski definition) is 3. The number of nitrogens with two attached hydrogens (primary N) is 1. The van der Waals surface area contributed by atoms with E-state index in [9.17, 15) is 4.39 Å². The summed E-state index contributed by atoms with van der Waals surface area (Å²) in [5.41, 5.74) is 6.67. The standard InChI is InChI=1S/C11H11ClFN3O/c1-16-10(14)5-9(15-16)7-3-6(13)4-8(12)11(7)17-2/h3-5H,14H2,1-2H3. The average Bonchev–Trinajstić information content (AvgIpc) is 2.58. The lowest BCUT2D eigenvalue weighted by Crippen LogP contribution is -1.97. The van der Waals surface area contributed by atoms with Crippen molar-refractivity contribution in [2.24, 2.45) is 7.05 Å². The van der Waals surface area contributed by atoms with Crippen LogP contribution in [-0.4, -0.2) is 16.9 Å². The summed E-state index contributed by atoms with van der Waals surface area (Å²) < 4.78 is 20.0. The van der Waals surface area contributed by atoms with Gasteiger partial charge in [-0.2, -0.15) is 5.10 Å². The highest BCUT2D eigenvalue weighted by Crippen LogP contribution is 2.36. The lowest BCUT2D eigenvalue weighted by atomic mass is 10.1. The van der Waals surface area contributed by atoms with Gasteiger partial charge in [0.1, 0.15) is 17.4 Å². The summed E-state index contributed by atoms with van der Waals surface area (Å²) in [4.78, 5) is 0. The number of nitrogen functional groups attached to an aromatic ring is 1. The van der Waals surface area contributed by atoms with E-state index in [0.717, 1.165) is 0 Å². The molecule has 0 atom stereocenters. The molecule has 4 nitrogen and oxygen atoms in total. The van der Waals surface area contributed by atoms with Gasteiger partial charge in [0.2, 0.25) is 0 Å². The molecule has 0 spiro atoms. The Morgan fingerprint density at radius 3 is 2.65 bits per heavy atom. The van der Waals surface area contributed by atoms with E-state index in [0.29, 0.717) is 22.8 Å². The Morgan fingerprint density at radius 2 is 2.12 bits per heavy atom. The molecule has 90 valence electrons. The van der Waals surface area contributed by atoms with Gasteiger partial charge in [0.15, 0.2) is 0 Å². The predicted octanol–water partition coefficient (Wildman–Crippen LogP) is 2.47. The lowest BCUT2D eigenvalue weighted by molar-refractivity contribution is 0.415. The molecule has 0 saturated heterocycles. The highest BCUT2D eigenvalue weighted by atomic mass is 35.5. The van der Waals surface area contributed by atoms with E-state index >= 15 is 0 Å². The van der Waals surface area contributed by atoms with E-state index in [4.69, 9.17) is 22.1 Å². The molecule has 6 heteroatoms. The van der Waals surface area contributed by atoms with Crippen LogP contribution in [0.15, 0.2) is 18.2 Å². The number of aryl methyl sites for hydroxylation is 1. The van der Waals surface area contributed by atoms with Gasteiger partial charge in [-0.3, -0.25) is 4.68 Å². The van der Waals surface area contributed by atoms with Crippen LogP contribution in [0.25, 0.3) is 11.3 Å². The Morgan fingerprint density at radius 1 is 1.41 bits per heavy atom. The van der Waals surface area contributed by atoms with E-state index in [1.54, 1.807) is 13.1 Å². The van der Waals surface area contributed by atoms with Gasteiger partial charge in [0, 0.05) is 18.7 Å². The summed E-state index contributed by atoms with van der Waals surface area (Å²) in [6.07, 6.45) is 0. The van der Waals surface area contributed by atoms with Crippen molar-refractivity contribution in [1.29, 1.82) is 0 Å². The normalized spacial score (nSPS) is 10.6. The van der Waals surface area contributed by atoms with Gasteiger partial charge in [0.05, 0.1) is 17.8 Å². The number of halogens is 2. The number of rotatable bonds is 2. The van der Waals surface area contributed by atoms with E-state index < -0.39 is 5.82 Å². The zero-order valence-electron chi connectivity index (χ0n) is 9.37. The Bertz CT molecular complexity index is 549. The minimum Gasteiger partial charge on any atom is -0.494 e. The van der Waals surface area contributed by atoms with Crippen LogP contribution in [0.1, 0.15) is 0 Å². The highest BCUT2D eigenvalue weighted by molar-refractivity contribution is 6.32. The minimum atomic E-state index is -0.449. The molecule has 17 heavy (non-hydrogen) atoms. The zero-order valence-corrected chi connectivity index (χ0v) is 10.1. The molecule has 0 aliphatic carbocycles. The molecule has 0 aliphatic heterocycles. The molecule has 1 aromatic carbocycles. The third-order valence-electron chi connectivity index (χ3n) is 2.40. The average molecular weight is 256 g/mol. The van der Waals surface area contributed by atoms with Gasteiger partial charge < -0.3 is 10.5 Å². The summed E-state index contributed by atoms with van der Waals surface area (Å²) in [6, 6.07) is 4.14. The second-order valence-corrected chi connectivity index (χ2v) is 3.95. The van der Waals surface area contributed by atoms with Crippen molar-refractivity contribution in [1.82, 2.24) is 9.78 Å². The third kappa shape index (κ3) is 2.06. The second kappa shape index (κ2) is 4.25. The Hall–Kier alpha value is -1.75. The van der Waals surface area contributed by atoms with Gasteiger partial charge in [-0.1, -0.05) is 11.6 Å². The van der Waals surface area contributed by atoms with Crippen LogP contribution >= 0.6 is 11.6 Å². The monoisotopic (exact) mass is 255 g/mol. The number of ether oxygens (including phenoxy) is 1. The summed E-state index contributed by atoms with van der Waals surface area (Å²) >= 11 is 5.90. The number of aromatic nitrogens is 2. The Kier molecular flexibility index (Phi) is 2.93. The predicted molar refractivity (Wildman–Crippen MR) is 64.6 cm³/mol. The fourth-order valence-corrected chi connectivity index (χ4v) is 1.85. The van der Waals surface area contributed by atoms with Crippen molar-refractivity contribution in [3.05, 3.63) is 29.0 Å². The second-order valence-electron chi connectivity index (χ2n) is 3.55. The van der Waals surface area contributed by atoms with Crippen LogP contribution in [0.4, 0.5) is 10.2 Å². The van der Waals surface area contributed by atoms with Gasteiger partial charge in [-0.15, -0.1) is 0 Å². The number of hydrogen-bond donors (Lipinski definition) is 1. The fourth-order valence-electron chi connectivity index (χ4n) is 1.57. The Labute approximate surface area is 103 Å². The van der Waals surface area contributed by atoms with Gasteiger partial charge >= 0.3 is 0 Å². The molecule has 0 fully saturated rings. The topological polar surface area (TPSA) is 53.1 Å². The summed E-state index contributed by atoms with van der Waals surface area (Å²) in [7, 11) is 3.17. The Balaban J connectivity index is 2.65. The first-order chi connectivity index (χ1) is 8.02. The quantitative estimate of drug-likeness (QED) is 0.897. The van der Waals surface area contributed by atoms with E-state index in [-0.39, 0.29) is 5.02 Å². The number of benzene rings is 1. The van der Waals surface area contributed by atoms with Crippen molar-refractivity contribution in [2.45, 2.75) is 0 Å². The first-order valence-electron chi connectivity index (χ1n) is 4.86. The van der Waals surface area contributed by atoms with E-state index in [1.165, 1.54) is 23.9 Å². The SMILES string of the molecule is COc1c(Cl)cc(F)cc1-c1cc(N)n(C)n1. The fraction of sp³-hybridized carbons (Fsp3) is 0.182. The van der Waals surface area contributed by atoms with Crippen molar-refractivity contribution in [3.8, 4) is 17.0 Å². The van der Waals surface area contributed by atoms with Gasteiger partial charge in [-0.05, 0) is 12.1 Å². The first-order valence-corrected chi connectivity index (χ1v) is 5.23. The maximum atomic E-state index is 13.3. The molecule has 2 N–H and O–H groups in total. The van der Waals surface area contributed by atoms with Crippen molar-refractivity contribution < 1.29 is 9.13 Å². The molecule has 0 radical (unpaired) electrons. The van der Waals surface area contributed by atoms with E-state index in [2.05, 4.69) is 5.10 Å². The molecule has 0 bridgehead atoms. The van der Waals surface area contributed by atoms with Crippen LogP contribution in [-0.2, 0) is 7.05 Å². The summed E-state index contributed by atoms with van der Waals surface area (Å²) in [6.45, 7) is 0. The number of methoxy groups -OCH3 is 1. The van der Waals surface area contributed by atoms with Crippen LogP contribution in [0.2, 0.25) is 5.02 Å². The highest BCUT2D eigenvalue weighted by Gasteiger charge is 2.15. The number of anilines is 1. The molecule has 1 aromatic heterocycles. The third-order valence-corrected chi connectivity index (χ3v) is 2.69. The van der Waals surface area contributed by atoms with Crippen LogP contribution < -0.4 is 10.5 Å². The summed E-state index contributed by atoms with van der Waals surface area (Å²) in [5, 5.41) is 4.36. The largest absolute Gasteiger partial charge is 0.494 e. The van der Waals surface area contributed by atoms with Gasteiger partial charge in [0.25, 0.3) is 0 Å². The lowest BCUT2D eigenvalue weighted by Gasteiger charge is -2.08. The molecule has 2 aromatic rings. The molecule has 0 aliphatic rings. The van der Waals surface area contributed by atoms with E-state index in [1.807, 2.05) is 0 Å².